The fourth-order valence-electron chi connectivity index (χ4n) is 3.00. The number of carbonyl (C=O) groups excluding carboxylic acids is 1. The molecule has 0 bridgehead atoms. The minimum Gasteiger partial charge on any atom is -0.478 e. The first-order valence-corrected chi connectivity index (χ1v) is 8.93. The highest BCUT2D eigenvalue weighted by atomic mass is 32.1. The SMILES string of the molecule is CCCc1nc2scc(C(=O)O)c2c(=O)n1CC(=O)N1CCCC1. The van der Waals surface area contributed by atoms with Crippen molar-refractivity contribution in [3.8, 4) is 0 Å². The van der Waals surface area contributed by atoms with E-state index in [9.17, 15) is 19.5 Å². The van der Waals surface area contributed by atoms with Crippen LogP contribution in [0.15, 0.2) is 10.2 Å². The Morgan fingerprint density at radius 3 is 2.67 bits per heavy atom. The first kappa shape index (κ1) is 16.6. The summed E-state index contributed by atoms with van der Waals surface area (Å²) in [5.41, 5.74) is -0.479. The Hall–Kier alpha value is -2.22. The van der Waals surface area contributed by atoms with Gasteiger partial charge in [-0.3, -0.25) is 14.2 Å². The monoisotopic (exact) mass is 349 g/mol. The molecule has 24 heavy (non-hydrogen) atoms. The van der Waals surface area contributed by atoms with E-state index in [0.29, 0.717) is 30.2 Å². The van der Waals surface area contributed by atoms with E-state index < -0.39 is 11.5 Å². The lowest BCUT2D eigenvalue weighted by molar-refractivity contribution is -0.130. The zero-order valence-electron chi connectivity index (χ0n) is 13.4. The van der Waals surface area contributed by atoms with E-state index in [4.69, 9.17) is 0 Å². The van der Waals surface area contributed by atoms with Gasteiger partial charge in [0.05, 0.1) is 10.9 Å². The third kappa shape index (κ3) is 2.93. The number of amides is 1. The summed E-state index contributed by atoms with van der Waals surface area (Å²) in [5, 5.41) is 10.8. The Bertz CT molecular complexity index is 849. The fraction of sp³-hybridized carbons (Fsp3) is 0.500. The molecule has 0 atom stereocenters. The average molecular weight is 349 g/mol. The predicted molar refractivity (Wildman–Crippen MR) is 90.6 cm³/mol. The number of thiophene rings is 1. The Morgan fingerprint density at radius 2 is 2.04 bits per heavy atom. The molecule has 2 aromatic rings. The number of carboxylic acid groups (broad SMARTS) is 1. The summed E-state index contributed by atoms with van der Waals surface area (Å²) in [5.74, 6) is -0.720. The lowest BCUT2D eigenvalue weighted by atomic mass is 10.2. The molecule has 3 heterocycles. The summed E-state index contributed by atoms with van der Waals surface area (Å²) in [7, 11) is 0. The van der Waals surface area contributed by atoms with Crippen LogP contribution < -0.4 is 5.56 Å². The van der Waals surface area contributed by atoms with Crippen LogP contribution in [0, 0.1) is 0 Å². The van der Waals surface area contributed by atoms with Crippen molar-refractivity contribution in [3.05, 3.63) is 27.1 Å². The molecule has 1 amide bonds. The molecule has 1 fully saturated rings. The lowest BCUT2D eigenvalue weighted by Crippen LogP contribution is -2.36. The summed E-state index contributed by atoms with van der Waals surface area (Å²) < 4.78 is 1.35. The van der Waals surface area contributed by atoms with Gasteiger partial charge in [0, 0.05) is 24.9 Å². The van der Waals surface area contributed by atoms with Crippen LogP contribution in [0.1, 0.15) is 42.4 Å². The number of likely N-dealkylation sites (tertiary alicyclic amines) is 1. The third-order valence-electron chi connectivity index (χ3n) is 4.23. The Kier molecular flexibility index (Phi) is 4.66. The normalized spacial score (nSPS) is 14.5. The molecular weight excluding hydrogens is 330 g/mol. The smallest absolute Gasteiger partial charge is 0.337 e. The van der Waals surface area contributed by atoms with E-state index in [0.717, 1.165) is 30.6 Å². The Morgan fingerprint density at radius 1 is 1.33 bits per heavy atom. The van der Waals surface area contributed by atoms with Gasteiger partial charge in [-0.1, -0.05) is 6.92 Å². The first-order valence-electron chi connectivity index (χ1n) is 8.05. The van der Waals surface area contributed by atoms with Crippen LogP contribution in [0.2, 0.25) is 0 Å². The summed E-state index contributed by atoms with van der Waals surface area (Å²) >= 11 is 1.15. The molecule has 128 valence electrons. The molecule has 2 aromatic heterocycles. The van der Waals surface area contributed by atoms with Crippen LogP contribution >= 0.6 is 11.3 Å². The number of hydrogen-bond acceptors (Lipinski definition) is 5. The Labute approximate surface area is 142 Å². The molecule has 1 aliphatic heterocycles. The van der Waals surface area contributed by atoms with E-state index in [1.165, 1.54) is 9.95 Å². The molecular formula is C16H19N3O4S. The van der Waals surface area contributed by atoms with Crippen LogP contribution in [0.5, 0.6) is 0 Å². The molecule has 3 rings (SSSR count). The van der Waals surface area contributed by atoms with Gasteiger partial charge < -0.3 is 10.0 Å². The van der Waals surface area contributed by atoms with E-state index in [-0.39, 0.29) is 23.4 Å². The first-order chi connectivity index (χ1) is 11.5. The summed E-state index contributed by atoms with van der Waals surface area (Å²) in [4.78, 5) is 43.3. The van der Waals surface area contributed by atoms with Crippen LogP contribution in [0.25, 0.3) is 10.2 Å². The summed E-state index contributed by atoms with van der Waals surface area (Å²) in [6.45, 7) is 3.32. The fourth-order valence-corrected chi connectivity index (χ4v) is 3.92. The molecule has 8 heteroatoms. The van der Waals surface area contributed by atoms with Gasteiger partial charge in [-0.25, -0.2) is 9.78 Å². The number of carboxylic acids is 1. The quantitative estimate of drug-likeness (QED) is 0.887. The number of aryl methyl sites for hydroxylation is 1. The number of carbonyl (C=O) groups is 2. The number of aromatic carboxylic acids is 1. The molecule has 0 unspecified atom stereocenters. The highest BCUT2D eigenvalue weighted by Gasteiger charge is 2.23. The van der Waals surface area contributed by atoms with Crippen molar-refractivity contribution in [1.82, 2.24) is 14.5 Å². The standard InChI is InChI=1S/C16H19N3O4S/c1-2-5-11-17-14-13(10(9-24-14)16(22)23)15(21)19(11)8-12(20)18-6-3-4-7-18/h9H,2-8H2,1H3,(H,22,23). The van der Waals surface area contributed by atoms with Gasteiger partial charge in [0.2, 0.25) is 5.91 Å². The molecule has 0 spiro atoms. The van der Waals surface area contributed by atoms with Crippen LogP contribution in [-0.4, -0.2) is 44.5 Å². The zero-order chi connectivity index (χ0) is 17.3. The van der Waals surface area contributed by atoms with Crippen molar-refractivity contribution >= 4 is 33.4 Å². The second kappa shape index (κ2) is 6.72. The lowest BCUT2D eigenvalue weighted by Gasteiger charge is -2.18. The van der Waals surface area contributed by atoms with Crippen molar-refractivity contribution in [3.63, 3.8) is 0 Å². The Balaban J connectivity index is 2.09. The summed E-state index contributed by atoms with van der Waals surface area (Å²) in [6.07, 6.45) is 3.31. The van der Waals surface area contributed by atoms with Crippen molar-refractivity contribution in [2.75, 3.05) is 13.1 Å². The topological polar surface area (TPSA) is 92.5 Å². The zero-order valence-corrected chi connectivity index (χ0v) is 14.3. The van der Waals surface area contributed by atoms with Gasteiger partial charge in [-0.05, 0) is 19.3 Å². The van der Waals surface area contributed by atoms with E-state index >= 15 is 0 Å². The predicted octanol–water partition coefficient (Wildman–Crippen LogP) is 1.73. The maximum atomic E-state index is 12.9. The highest BCUT2D eigenvalue weighted by molar-refractivity contribution is 7.17. The third-order valence-corrected chi connectivity index (χ3v) is 5.10. The van der Waals surface area contributed by atoms with Crippen LogP contribution in [0.3, 0.4) is 0 Å². The minimum atomic E-state index is -1.15. The van der Waals surface area contributed by atoms with E-state index in [1.54, 1.807) is 4.90 Å². The van der Waals surface area contributed by atoms with Crippen LogP contribution in [0.4, 0.5) is 0 Å². The molecule has 0 aliphatic carbocycles. The van der Waals surface area contributed by atoms with Crippen LogP contribution in [-0.2, 0) is 17.8 Å². The highest BCUT2D eigenvalue weighted by Crippen LogP contribution is 2.22. The van der Waals surface area contributed by atoms with Crippen molar-refractivity contribution < 1.29 is 14.7 Å². The second-order valence-corrected chi connectivity index (χ2v) is 6.75. The number of rotatable bonds is 5. The average Bonchev–Trinajstić information content (AvgIpc) is 3.20. The molecule has 0 saturated carbocycles. The number of nitrogens with zero attached hydrogens (tertiary/aromatic N) is 3. The second-order valence-electron chi connectivity index (χ2n) is 5.89. The van der Waals surface area contributed by atoms with Gasteiger partial charge in [-0.15, -0.1) is 11.3 Å². The molecule has 1 saturated heterocycles. The molecule has 7 nitrogen and oxygen atoms in total. The van der Waals surface area contributed by atoms with Crippen molar-refractivity contribution in [1.29, 1.82) is 0 Å². The van der Waals surface area contributed by atoms with Gasteiger partial charge >= 0.3 is 5.97 Å². The minimum absolute atomic E-state index is 0.0436. The number of aromatic nitrogens is 2. The molecule has 0 radical (unpaired) electrons. The maximum Gasteiger partial charge on any atom is 0.337 e. The molecule has 1 N–H and O–H groups in total. The van der Waals surface area contributed by atoms with Crippen molar-refractivity contribution in [2.45, 2.75) is 39.2 Å². The molecule has 0 aromatic carbocycles. The van der Waals surface area contributed by atoms with E-state index in [2.05, 4.69) is 4.98 Å². The summed E-state index contributed by atoms with van der Waals surface area (Å²) in [6, 6.07) is 0. The maximum absolute atomic E-state index is 12.9. The largest absolute Gasteiger partial charge is 0.478 e. The van der Waals surface area contributed by atoms with Gasteiger partial charge in [-0.2, -0.15) is 0 Å². The molecule has 1 aliphatic rings. The van der Waals surface area contributed by atoms with Crippen molar-refractivity contribution in [2.24, 2.45) is 0 Å². The van der Waals surface area contributed by atoms with Gasteiger partial charge in [0.1, 0.15) is 17.2 Å². The number of fused-ring (bicyclic) bond motifs is 1. The van der Waals surface area contributed by atoms with Gasteiger partial charge in [0.25, 0.3) is 5.56 Å². The van der Waals surface area contributed by atoms with Gasteiger partial charge in [0.15, 0.2) is 0 Å². The number of hydrogen-bond donors (Lipinski definition) is 1. The van der Waals surface area contributed by atoms with E-state index in [1.807, 2.05) is 6.92 Å².